The van der Waals surface area contributed by atoms with Crippen LogP contribution in [0.2, 0.25) is 10.0 Å². The number of hydrogen-bond donors (Lipinski definition) is 0. The molecule has 0 N–H and O–H groups in total. The van der Waals surface area contributed by atoms with Crippen LogP contribution < -0.4 is 13.8 Å². The molecular weight excluding hydrogens is 499 g/mol. The predicted octanol–water partition coefficient (Wildman–Crippen LogP) is 4.86. The molecule has 1 amide bonds. The number of amides is 1. The van der Waals surface area contributed by atoms with E-state index in [2.05, 4.69) is 0 Å². The van der Waals surface area contributed by atoms with Gasteiger partial charge in [-0.25, -0.2) is 8.42 Å². The zero-order valence-electron chi connectivity index (χ0n) is 18.9. The van der Waals surface area contributed by atoms with Crippen molar-refractivity contribution in [2.45, 2.75) is 11.4 Å². The van der Waals surface area contributed by atoms with E-state index < -0.39 is 22.5 Å². The van der Waals surface area contributed by atoms with Crippen LogP contribution in [0.5, 0.6) is 11.5 Å². The van der Waals surface area contributed by atoms with Gasteiger partial charge in [-0.1, -0.05) is 47.5 Å². The van der Waals surface area contributed by atoms with E-state index in [0.717, 1.165) is 9.87 Å². The van der Waals surface area contributed by atoms with Crippen LogP contribution in [0.4, 0.5) is 5.69 Å². The molecule has 3 aromatic rings. The second-order valence-corrected chi connectivity index (χ2v) is 10.1. The van der Waals surface area contributed by atoms with Gasteiger partial charge in [0, 0.05) is 23.6 Å². The van der Waals surface area contributed by atoms with Crippen LogP contribution in [0.15, 0.2) is 71.6 Å². The number of ether oxygens (including phenoxy) is 2. The normalized spacial score (nSPS) is 11.1. The summed E-state index contributed by atoms with van der Waals surface area (Å²) in [5.74, 6) is 0.672. The Morgan fingerprint density at radius 1 is 0.882 bits per heavy atom. The van der Waals surface area contributed by atoms with Gasteiger partial charge in [-0.05, 0) is 48.0 Å². The molecule has 0 bridgehead atoms. The minimum Gasteiger partial charge on any atom is -0.493 e. The van der Waals surface area contributed by atoms with Gasteiger partial charge in [0.25, 0.3) is 10.0 Å². The molecule has 3 rings (SSSR count). The number of hydrogen-bond acceptors (Lipinski definition) is 5. The Labute approximate surface area is 209 Å². The highest BCUT2D eigenvalue weighted by atomic mass is 35.5. The summed E-state index contributed by atoms with van der Waals surface area (Å²) in [6.45, 7) is -0.216. The first kappa shape index (κ1) is 25.7. The highest BCUT2D eigenvalue weighted by Crippen LogP contribution is 2.30. The van der Waals surface area contributed by atoms with E-state index in [1.54, 1.807) is 43.4 Å². The van der Waals surface area contributed by atoms with Crippen LogP contribution in [0.3, 0.4) is 0 Å². The van der Waals surface area contributed by atoms with E-state index in [9.17, 15) is 13.2 Å². The van der Waals surface area contributed by atoms with E-state index in [0.29, 0.717) is 11.5 Å². The first-order valence-electron chi connectivity index (χ1n) is 10.1. The number of carbonyl (C=O) groups excluding carboxylic acids is 1. The molecule has 0 spiro atoms. The van der Waals surface area contributed by atoms with Crippen LogP contribution in [0.1, 0.15) is 5.56 Å². The highest BCUT2D eigenvalue weighted by Gasteiger charge is 2.29. The summed E-state index contributed by atoms with van der Waals surface area (Å²) in [5.41, 5.74) is 0.978. The van der Waals surface area contributed by atoms with Gasteiger partial charge in [0.15, 0.2) is 11.5 Å². The van der Waals surface area contributed by atoms with E-state index in [-0.39, 0.29) is 27.2 Å². The van der Waals surface area contributed by atoms with Gasteiger partial charge in [0.1, 0.15) is 6.54 Å². The molecule has 3 aromatic carbocycles. The number of halogens is 2. The molecule has 0 aliphatic carbocycles. The standard InChI is InChI=1S/C24H24Cl2N2O5S/c1-27(15-17-9-10-22(32-2)23(11-17)33-3)24(29)16-28(20-13-18(25)12-19(26)14-20)34(30,31)21-7-5-4-6-8-21/h4-14H,15-16H2,1-3H3. The number of carbonyl (C=O) groups is 1. The second kappa shape index (κ2) is 11.0. The largest absolute Gasteiger partial charge is 0.493 e. The molecule has 0 saturated heterocycles. The average Bonchev–Trinajstić information content (AvgIpc) is 2.81. The zero-order valence-corrected chi connectivity index (χ0v) is 21.2. The van der Waals surface area contributed by atoms with E-state index in [1.165, 1.54) is 49.5 Å². The predicted molar refractivity (Wildman–Crippen MR) is 133 cm³/mol. The number of likely N-dealkylation sites (N-methyl/N-ethyl adjacent to an activating group) is 1. The Hall–Kier alpha value is -2.94. The average molecular weight is 523 g/mol. The number of rotatable bonds is 9. The Kier molecular flexibility index (Phi) is 8.30. The summed E-state index contributed by atoms with van der Waals surface area (Å²) in [5, 5.41) is 0.504. The lowest BCUT2D eigenvalue weighted by atomic mass is 10.2. The maximum absolute atomic E-state index is 13.5. The van der Waals surface area contributed by atoms with E-state index in [1.807, 2.05) is 0 Å². The molecule has 0 fully saturated rings. The lowest BCUT2D eigenvalue weighted by Crippen LogP contribution is -2.41. The fraction of sp³-hybridized carbons (Fsp3) is 0.208. The summed E-state index contributed by atoms with van der Waals surface area (Å²) in [6.07, 6.45) is 0. The Morgan fingerprint density at radius 2 is 1.50 bits per heavy atom. The van der Waals surface area contributed by atoms with Gasteiger partial charge in [0.2, 0.25) is 5.91 Å². The SMILES string of the molecule is COc1ccc(CN(C)C(=O)CN(c2cc(Cl)cc(Cl)c2)S(=O)(=O)c2ccccc2)cc1OC. The van der Waals surface area contributed by atoms with Gasteiger partial charge in [-0.3, -0.25) is 9.10 Å². The van der Waals surface area contributed by atoms with Crippen LogP contribution >= 0.6 is 23.2 Å². The van der Waals surface area contributed by atoms with Crippen molar-refractivity contribution < 1.29 is 22.7 Å². The fourth-order valence-corrected chi connectivity index (χ4v) is 5.24. The molecule has 0 heterocycles. The molecular formula is C24H24Cl2N2O5S. The molecule has 0 unspecified atom stereocenters. The Balaban J connectivity index is 1.91. The van der Waals surface area contributed by atoms with Gasteiger partial charge in [0.05, 0.1) is 24.8 Å². The van der Waals surface area contributed by atoms with Crippen LogP contribution in [0.25, 0.3) is 0 Å². The number of benzene rings is 3. The lowest BCUT2D eigenvalue weighted by molar-refractivity contribution is -0.128. The van der Waals surface area contributed by atoms with Crippen LogP contribution in [-0.2, 0) is 21.4 Å². The molecule has 7 nitrogen and oxygen atoms in total. The van der Waals surface area contributed by atoms with Crippen molar-refractivity contribution in [3.05, 3.63) is 82.3 Å². The van der Waals surface area contributed by atoms with E-state index >= 15 is 0 Å². The maximum atomic E-state index is 13.5. The quantitative estimate of drug-likeness (QED) is 0.400. The molecule has 0 atom stereocenters. The topological polar surface area (TPSA) is 76.2 Å². The van der Waals surface area contributed by atoms with Gasteiger partial charge >= 0.3 is 0 Å². The Morgan fingerprint density at radius 3 is 2.09 bits per heavy atom. The van der Waals surface area contributed by atoms with Crippen molar-refractivity contribution in [2.75, 3.05) is 32.1 Å². The van der Waals surface area contributed by atoms with Gasteiger partial charge < -0.3 is 14.4 Å². The summed E-state index contributed by atoms with van der Waals surface area (Å²) in [6, 6.07) is 17.6. The van der Waals surface area contributed by atoms with Gasteiger partial charge in [-0.2, -0.15) is 0 Å². The molecule has 0 aromatic heterocycles. The molecule has 10 heteroatoms. The van der Waals surface area contributed by atoms with Crippen LogP contribution in [-0.4, -0.2) is 47.0 Å². The van der Waals surface area contributed by atoms with Crippen molar-refractivity contribution >= 4 is 44.8 Å². The maximum Gasteiger partial charge on any atom is 0.264 e. The smallest absolute Gasteiger partial charge is 0.264 e. The number of anilines is 1. The molecule has 180 valence electrons. The first-order valence-corrected chi connectivity index (χ1v) is 12.3. The van der Waals surface area contributed by atoms with Crippen molar-refractivity contribution in [1.29, 1.82) is 0 Å². The number of methoxy groups -OCH3 is 2. The third-order valence-electron chi connectivity index (χ3n) is 5.04. The van der Waals surface area contributed by atoms with Gasteiger partial charge in [-0.15, -0.1) is 0 Å². The number of sulfonamides is 1. The zero-order chi connectivity index (χ0) is 24.9. The summed E-state index contributed by atoms with van der Waals surface area (Å²) in [4.78, 5) is 14.6. The fourth-order valence-electron chi connectivity index (χ4n) is 3.30. The molecule has 0 aliphatic rings. The van der Waals surface area contributed by atoms with Crippen LogP contribution in [0, 0.1) is 0 Å². The first-order chi connectivity index (χ1) is 16.1. The number of nitrogens with zero attached hydrogens (tertiary/aromatic N) is 2. The molecule has 0 aliphatic heterocycles. The monoisotopic (exact) mass is 522 g/mol. The lowest BCUT2D eigenvalue weighted by Gasteiger charge is -2.27. The summed E-state index contributed by atoms with van der Waals surface area (Å²) >= 11 is 12.3. The van der Waals surface area contributed by atoms with Crippen molar-refractivity contribution in [3.63, 3.8) is 0 Å². The van der Waals surface area contributed by atoms with Crippen molar-refractivity contribution in [2.24, 2.45) is 0 Å². The molecule has 34 heavy (non-hydrogen) atoms. The third-order valence-corrected chi connectivity index (χ3v) is 7.26. The molecule has 0 saturated carbocycles. The third kappa shape index (κ3) is 5.94. The van der Waals surface area contributed by atoms with Crippen molar-refractivity contribution in [3.8, 4) is 11.5 Å². The summed E-state index contributed by atoms with van der Waals surface area (Å²) < 4.78 is 38.5. The Bertz CT molecular complexity index is 1250. The minimum atomic E-state index is -4.08. The minimum absolute atomic E-state index is 0.0430. The van der Waals surface area contributed by atoms with E-state index in [4.69, 9.17) is 32.7 Å². The van der Waals surface area contributed by atoms with Crippen molar-refractivity contribution in [1.82, 2.24) is 4.90 Å². The highest BCUT2D eigenvalue weighted by molar-refractivity contribution is 7.92. The second-order valence-electron chi connectivity index (χ2n) is 7.39. The summed E-state index contributed by atoms with van der Waals surface area (Å²) in [7, 11) is 0.583. The molecule has 0 radical (unpaired) electrons.